The monoisotopic (exact) mass is 308 g/mol. The Labute approximate surface area is 136 Å². The maximum Gasteiger partial charge on any atom is 0.151 e. The summed E-state index contributed by atoms with van der Waals surface area (Å²) >= 11 is 0. The van der Waals surface area contributed by atoms with E-state index in [4.69, 9.17) is 4.52 Å². The van der Waals surface area contributed by atoms with E-state index in [-0.39, 0.29) is 0 Å². The second-order valence-corrected chi connectivity index (χ2v) is 5.70. The molecule has 0 spiro atoms. The quantitative estimate of drug-likeness (QED) is 0.700. The molecule has 0 saturated carbocycles. The normalized spacial score (nSPS) is 12.5. The summed E-state index contributed by atoms with van der Waals surface area (Å²) in [5.41, 5.74) is 2.95. The minimum absolute atomic E-state index is 0.361. The molecule has 3 rings (SSSR count). The average molecular weight is 308 g/mol. The molecule has 3 heterocycles. The molecule has 0 aliphatic carbocycles. The van der Waals surface area contributed by atoms with Crippen LogP contribution < -0.4 is 0 Å². The molecule has 0 aliphatic heterocycles. The van der Waals surface area contributed by atoms with Crippen LogP contribution in [0.2, 0.25) is 0 Å². The number of pyridine rings is 2. The zero-order chi connectivity index (χ0) is 16.1. The van der Waals surface area contributed by atoms with Gasteiger partial charge < -0.3 is 4.52 Å². The summed E-state index contributed by atoms with van der Waals surface area (Å²) in [6.45, 7) is 2.90. The molecule has 5 nitrogen and oxygen atoms in total. The van der Waals surface area contributed by atoms with E-state index in [0.717, 1.165) is 29.1 Å². The summed E-state index contributed by atoms with van der Waals surface area (Å²) in [6.07, 6.45) is 6.25. The van der Waals surface area contributed by atoms with E-state index in [9.17, 15) is 0 Å². The summed E-state index contributed by atoms with van der Waals surface area (Å²) in [5.74, 6) is 0.854. The van der Waals surface area contributed by atoms with Crippen molar-refractivity contribution in [3.8, 4) is 11.3 Å². The highest BCUT2D eigenvalue weighted by Crippen LogP contribution is 2.19. The van der Waals surface area contributed by atoms with E-state index in [2.05, 4.69) is 40.1 Å². The highest BCUT2D eigenvalue weighted by Gasteiger charge is 2.14. The van der Waals surface area contributed by atoms with Crippen molar-refractivity contribution >= 4 is 0 Å². The Hall–Kier alpha value is -2.53. The maximum atomic E-state index is 5.46. The highest BCUT2D eigenvalue weighted by molar-refractivity contribution is 5.57. The fourth-order valence-electron chi connectivity index (χ4n) is 2.43. The minimum Gasteiger partial charge on any atom is -0.359 e. The predicted molar refractivity (Wildman–Crippen MR) is 88.6 cm³/mol. The summed E-state index contributed by atoms with van der Waals surface area (Å²) in [6, 6.07) is 12.2. The van der Waals surface area contributed by atoms with E-state index in [0.29, 0.717) is 12.6 Å². The third-order valence-electron chi connectivity index (χ3n) is 3.92. The fraction of sp³-hybridized carbons (Fsp3) is 0.278. The van der Waals surface area contributed by atoms with Crippen molar-refractivity contribution < 1.29 is 4.52 Å². The molecule has 0 amide bonds. The second kappa shape index (κ2) is 7.15. The van der Waals surface area contributed by atoms with Crippen LogP contribution in [0.5, 0.6) is 0 Å². The first kappa shape index (κ1) is 15.4. The number of likely N-dealkylation sites (N-methyl/N-ethyl adjacent to an activating group) is 1. The molecule has 0 saturated heterocycles. The topological polar surface area (TPSA) is 55.1 Å². The molecule has 3 aromatic rings. The Morgan fingerprint density at radius 2 is 1.96 bits per heavy atom. The van der Waals surface area contributed by atoms with Gasteiger partial charge in [0.05, 0.1) is 6.54 Å². The van der Waals surface area contributed by atoms with E-state index in [1.54, 1.807) is 12.4 Å². The smallest absolute Gasteiger partial charge is 0.151 e. The first-order chi connectivity index (χ1) is 11.2. The van der Waals surface area contributed by atoms with Crippen LogP contribution in [0.4, 0.5) is 0 Å². The van der Waals surface area contributed by atoms with Gasteiger partial charge in [0.2, 0.25) is 0 Å². The lowest BCUT2D eigenvalue weighted by Crippen LogP contribution is -2.30. The fourth-order valence-corrected chi connectivity index (χ4v) is 2.43. The van der Waals surface area contributed by atoms with Crippen molar-refractivity contribution in [2.45, 2.75) is 25.9 Å². The zero-order valence-electron chi connectivity index (χ0n) is 13.4. The van der Waals surface area contributed by atoms with E-state index in [1.807, 2.05) is 36.5 Å². The Morgan fingerprint density at radius 3 is 2.70 bits per heavy atom. The molecular formula is C18H20N4O. The Balaban J connectivity index is 1.62. The number of hydrogen-bond donors (Lipinski definition) is 0. The summed E-state index contributed by atoms with van der Waals surface area (Å²) in [5, 5.41) is 4.14. The van der Waals surface area contributed by atoms with Crippen LogP contribution in [0.25, 0.3) is 11.3 Å². The lowest BCUT2D eigenvalue weighted by atomic mass is 10.1. The molecule has 0 unspecified atom stereocenters. The minimum atomic E-state index is 0.361. The molecule has 0 N–H and O–H groups in total. The highest BCUT2D eigenvalue weighted by atomic mass is 16.5. The summed E-state index contributed by atoms with van der Waals surface area (Å²) in [7, 11) is 2.09. The van der Waals surface area contributed by atoms with Crippen LogP contribution in [0.1, 0.15) is 18.4 Å². The van der Waals surface area contributed by atoms with Crippen LogP contribution in [-0.4, -0.2) is 33.1 Å². The zero-order valence-corrected chi connectivity index (χ0v) is 13.4. The largest absolute Gasteiger partial charge is 0.359 e. The third-order valence-corrected chi connectivity index (χ3v) is 3.92. The van der Waals surface area contributed by atoms with Gasteiger partial charge in [-0.3, -0.25) is 14.9 Å². The molecule has 0 bridgehead atoms. The van der Waals surface area contributed by atoms with E-state index >= 15 is 0 Å². The van der Waals surface area contributed by atoms with Gasteiger partial charge in [-0.1, -0.05) is 11.2 Å². The molecule has 0 aliphatic rings. The number of hydrogen-bond acceptors (Lipinski definition) is 5. The Bertz CT molecular complexity index is 727. The van der Waals surface area contributed by atoms with Crippen LogP contribution in [0, 0.1) is 0 Å². The Morgan fingerprint density at radius 1 is 1.13 bits per heavy atom. The lowest BCUT2D eigenvalue weighted by Gasteiger charge is -2.23. The van der Waals surface area contributed by atoms with Gasteiger partial charge in [0.1, 0.15) is 5.69 Å². The molecule has 5 heteroatoms. The number of nitrogens with zero attached hydrogens (tertiary/aromatic N) is 4. The molecule has 23 heavy (non-hydrogen) atoms. The van der Waals surface area contributed by atoms with Crippen LogP contribution in [-0.2, 0) is 13.0 Å². The lowest BCUT2D eigenvalue weighted by molar-refractivity contribution is 0.217. The molecule has 3 aromatic heterocycles. The van der Waals surface area contributed by atoms with Crippen molar-refractivity contribution in [1.29, 1.82) is 0 Å². The summed E-state index contributed by atoms with van der Waals surface area (Å²) in [4.78, 5) is 10.6. The molecule has 0 radical (unpaired) electrons. The van der Waals surface area contributed by atoms with Crippen LogP contribution in [0.3, 0.4) is 0 Å². The molecule has 0 fully saturated rings. The van der Waals surface area contributed by atoms with E-state index in [1.165, 1.54) is 0 Å². The summed E-state index contributed by atoms with van der Waals surface area (Å²) < 4.78 is 5.46. The van der Waals surface area contributed by atoms with Gasteiger partial charge in [0, 0.05) is 48.4 Å². The van der Waals surface area contributed by atoms with Crippen molar-refractivity contribution in [2.24, 2.45) is 0 Å². The van der Waals surface area contributed by atoms with Gasteiger partial charge >= 0.3 is 0 Å². The molecular weight excluding hydrogens is 288 g/mol. The standard InChI is InChI=1S/C18H20N4O/c1-14(11-16-5-3-4-8-20-16)22(2)13-17-12-18(21-23-17)15-6-9-19-10-7-15/h3-10,12,14H,11,13H2,1-2H3/t14-/m1/s1. The van der Waals surface area contributed by atoms with Gasteiger partial charge in [0.15, 0.2) is 5.76 Å². The van der Waals surface area contributed by atoms with Crippen LogP contribution >= 0.6 is 0 Å². The number of aromatic nitrogens is 3. The van der Waals surface area contributed by atoms with Gasteiger partial charge in [-0.2, -0.15) is 0 Å². The maximum absolute atomic E-state index is 5.46. The number of rotatable bonds is 6. The van der Waals surface area contributed by atoms with Crippen molar-refractivity contribution in [3.63, 3.8) is 0 Å². The van der Waals surface area contributed by atoms with Crippen molar-refractivity contribution in [2.75, 3.05) is 7.05 Å². The van der Waals surface area contributed by atoms with Gasteiger partial charge in [0.25, 0.3) is 0 Å². The van der Waals surface area contributed by atoms with Crippen molar-refractivity contribution in [3.05, 3.63) is 66.4 Å². The first-order valence-electron chi connectivity index (χ1n) is 7.68. The van der Waals surface area contributed by atoms with E-state index < -0.39 is 0 Å². The second-order valence-electron chi connectivity index (χ2n) is 5.70. The van der Waals surface area contributed by atoms with Gasteiger partial charge in [-0.25, -0.2) is 0 Å². The average Bonchev–Trinajstić information content (AvgIpc) is 3.05. The van der Waals surface area contributed by atoms with Crippen LogP contribution in [0.15, 0.2) is 59.5 Å². The van der Waals surface area contributed by atoms with Gasteiger partial charge in [-0.15, -0.1) is 0 Å². The SMILES string of the molecule is C[C@H](Cc1ccccn1)N(C)Cc1cc(-c2ccncc2)no1. The predicted octanol–water partition coefficient (Wildman–Crippen LogP) is 3.19. The first-order valence-corrected chi connectivity index (χ1v) is 7.68. The molecule has 0 aromatic carbocycles. The van der Waals surface area contributed by atoms with Gasteiger partial charge in [-0.05, 0) is 38.2 Å². The molecule has 1 atom stereocenters. The Kier molecular flexibility index (Phi) is 4.78. The van der Waals surface area contributed by atoms with Crippen molar-refractivity contribution in [1.82, 2.24) is 20.0 Å². The third kappa shape index (κ3) is 4.02. The molecule has 118 valence electrons.